The number of nitrogens with zero attached hydrogens (tertiary/aromatic N) is 3. The van der Waals surface area contributed by atoms with E-state index in [9.17, 15) is 10.1 Å². The molecule has 0 bridgehead atoms. The molecule has 1 atom stereocenters. The van der Waals surface area contributed by atoms with Crippen LogP contribution in [0.3, 0.4) is 0 Å². The quantitative estimate of drug-likeness (QED) is 0.577. The Kier molecular flexibility index (Phi) is 5.40. The van der Waals surface area contributed by atoms with Gasteiger partial charge in [0.1, 0.15) is 0 Å². The molecule has 0 aliphatic carbocycles. The van der Waals surface area contributed by atoms with Crippen LogP contribution in [0, 0.1) is 17.2 Å². The number of hydrogen-bond donors (Lipinski definition) is 3. The van der Waals surface area contributed by atoms with Crippen LogP contribution in [0.5, 0.6) is 0 Å². The SMILES string of the molecule is CC(C)CNc1cc(C#N)ccc1NC(=O)NCC1c2ccccc2-c2cncn21. The summed E-state index contributed by atoms with van der Waals surface area (Å²) in [5.74, 6) is 0.434. The van der Waals surface area contributed by atoms with Crippen molar-refractivity contribution in [1.29, 1.82) is 5.26 Å². The van der Waals surface area contributed by atoms with Crippen molar-refractivity contribution >= 4 is 17.4 Å². The monoisotopic (exact) mass is 400 g/mol. The number of carbonyl (C=O) groups excluding carboxylic acids is 1. The number of amides is 2. The van der Waals surface area contributed by atoms with Gasteiger partial charge in [-0.15, -0.1) is 0 Å². The van der Waals surface area contributed by atoms with Crippen LogP contribution in [0.1, 0.15) is 31.0 Å². The van der Waals surface area contributed by atoms with Gasteiger partial charge in [-0.05, 0) is 29.7 Å². The number of nitriles is 1. The number of urea groups is 1. The highest BCUT2D eigenvalue weighted by atomic mass is 16.2. The minimum Gasteiger partial charge on any atom is -0.383 e. The van der Waals surface area contributed by atoms with Gasteiger partial charge in [-0.1, -0.05) is 38.1 Å². The second-order valence-electron chi connectivity index (χ2n) is 7.77. The van der Waals surface area contributed by atoms with Crippen LogP contribution >= 0.6 is 0 Å². The standard InChI is InChI=1S/C23H24N6O/c1-15(2)11-26-20-9-16(10-24)7-8-19(20)28-23(30)27-13-22-18-6-4-3-5-17(18)21-12-25-14-29(21)22/h3-9,12,14-15,22,26H,11,13H2,1-2H3,(H2,27,28,30). The van der Waals surface area contributed by atoms with Gasteiger partial charge in [-0.25, -0.2) is 9.78 Å². The lowest BCUT2D eigenvalue weighted by molar-refractivity contribution is 0.251. The molecule has 3 aromatic rings. The molecule has 0 saturated carbocycles. The van der Waals surface area contributed by atoms with Crippen molar-refractivity contribution in [1.82, 2.24) is 14.9 Å². The zero-order chi connectivity index (χ0) is 21.1. The Hall–Kier alpha value is -3.79. The molecular formula is C23H24N6O. The summed E-state index contributed by atoms with van der Waals surface area (Å²) in [7, 11) is 0. The Labute approximate surface area is 175 Å². The first-order valence-corrected chi connectivity index (χ1v) is 10.0. The van der Waals surface area contributed by atoms with E-state index in [0.29, 0.717) is 23.7 Å². The van der Waals surface area contributed by atoms with Crippen LogP contribution in [-0.2, 0) is 0 Å². The minimum atomic E-state index is -0.293. The summed E-state index contributed by atoms with van der Waals surface area (Å²) < 4.78 is 2.09. The molecule has 1 aliphatic rings. The van der Waals surface area contributed by atoms with Crippen molar-refractivity contribution in [2.75, 3.05) is 23.7 Å². The first-order valence-electron chi connectivity index (χ1n) is 10.0. The number of carbonyl (C=O) groups is 1. The van der Waals surface area contributed by atoms with Gasteiger partial charge in [0, 0.05) is 18.7 Å². The Morgan fingerprint density at radius 1 is 1.23 bits per heavy atom. The summed E-state index contributed by atoms with van der Waals surface area (Å²) in [6.07, 6.45) is 3.65. The molecule has 0 fully saturated rings. The predicted molar refractivity (Wildman–Crippen MR) is 117 cm³/mol. The first-order chi connectivity index (χ1) is 14.6. The van der Waals surface area contributed by atoms with Crippen LogP contribution < -0.4 is 16.0 Å². The summed E-state index contributed by atoms with van der Waals surface area (Å²) in [6.45, 7) is 5.39. The number of aromatic nitrogens is 2. The van der Waals surface area contributed by atoms with Crippen LogP contribution in [0.15, 0.2) is 55.0 Å². The predicted octanol–water partition coefficient (Wildman–Crippen LogP) is 4.21. The number of fused-ring (bicyclic) bond motifs is 3. The van der Waals surface area contributed by atoms with Crippen molar-refractivity contribution < 1.29 is 4.79 Å². The molecule has 1 unspecified atom stereocenters. The average molecular weight is 400 g/mol. The Balaban J connectivity index is 1.46. The average Bonchev–Trinajstić information content (AvgIpc) is 3.33. The Morgan fingerprint density at radius 2 is 2.07 bits per heavy atom. The number of anilines is 2. The lowest BCUT2D eigenvalue weighted by Gasteiger charge is -2.18. The first kappa shape index (κ1) is 19.5. The third kappa shape index (κ3) is 3.85. The lowest BCUT2D eigenvalue weighted by Crippen LogP contribution is -2.33. The van der Waals surface area contributed by atoms with Crippen molar-refractivity contribution in [3.8, 4) is 17.3 Å². The van der Waals surface area contributed by atoms with Gasteiger partial charge >= 0.3 is 6.03 Å². The lowest BCUT2D eigenvalue weighted by atomic mass is 10.0. The zero-order valence-electron chi connectivity index (χ0n) is 17.0. The second-order valence-corrected chi connectivity index (χ2v) is 7.77. The third-order valence-corrected chi connectivity index (χ3v) is 5.15. The van der Waals surface area contributed by atoms with Gasteiger partial charge in [0.05, 0.1) is 47.3 Å². The summed E-state index contributed by atoms with van der Waals surface area (Å²) in [5.41, 5.74) is 5.30. The van der Waals surface area contributed by atoms with E-state index in [2.05, 4.69) is 57.6 Å². The number of benzene rings is 2. The molecule has 0 spiro atoms. The zero-order valence-corrected chi connectivity index (χ0v) is 17.0. The maximum absolute atomic E-state index is 12.6. The molecule has 2 amide bonds. The summed E-state index contributed by atoms with van der Waals surface area (Å²) in [6, 6.07) is 15.2. The van der Waals surface area contributed by atoms with Crippen LogP contribution in [0.4, 0.5) is 16.2 Å². The second kappa shape index (κ2) is 8.29. The number of rotatable bonds is 6. The molecule has 7 nitrogen and oxygen atoms in total. The molecule has 30 heavy (non-hydrogen) atoms. The molecule has 2 aromatic carbocycles. The molecule has 1 aliphatic heterocycles. The fraction of sp³-hybridized carbons (Fsp3) is 0.261. The third-order valence-electron chi connectivity index (χ3n) is 5.15. The van der Waals surface area contributed by atoms with Crippen molar-refractivity contribution in [3.05, 3.63) is 66.1 Å². The Bertz CT molecular complexity index is 1110. The van der Waals surface area contributed by atoms with E-state index in [0.717, 1.165) is 23.5 Å². The van der Waals surface area contributed by atoms with Crippen LogP contribution in [0.25, 0.3) is 11.3 Å². The van der Waals surface area contributed by atoms with Gasteiger partial charge in [-0.2, -0.15) is 5.26 Å². The van der Waals surface area contributed by atoms with Crippen LogP contribution in [-0.4, -0.2) is 28.7 Å². The number of imidazole rings is 1. The maximum Gasteiger partial charge on any atom is 0.319 e. The van der Waals surface area contributed by atoms with Gasteiger partial charge in [-0.3, -0.25) is 0 Å². The van der Waals surface area contributed by atoms with Crippen molar-refractivity contribution in [2.45, 2.75) is 19.9 Å². The molecule has 3 N–H and O–H groups in total. The largest absolute Gasteiger partial charge is 0.383 e. The van der Waals surface area contributed by atoms with Gasteiger partial charge in [0.25, 0.3) is 0 Å². The summed E-state index contributed by atoms with van der Waals surface area (Å²) in [5, 5.41) is 18.4. The minimum absolute atomic E-state index is 0.00366. The Morgan fingerprint density at radius 3 is 2.87 bits per heavy atom. The summed E-state index contributed by atoms with van der Waals surface area (Å²) in [4.78, 5) is 16.9. The fourth-order valence-corrected chi connectivity index (χ4v) is 3.68. The van der Waals surface area contributed by atoms with E-state index < -0.39 is 0 Å². The van der Waals surface area contributed by atoms with E-state index in [1.54, 1.807) is 24.5 Å². The van der Waals surface area contributed by atoms with E-state index in [-0.39, 0.29) is 12.1 Å². The van der Waals surface area contributed by atoms with E-state index >= 15 is 0 Å². The van der Waals surface area contributed by atoms with Gasteiger partial charge in [0.15, 0.2) is 0 Å². The van der Waals surface area contributed by atoms with Crippen LogP contribution in [0.2, 0.25) is 0 Å². The number of hydrogen-bond acceptors (Lipinski definition) is 4. The molecule has 7 heteroatoms. The molecule has 152 valence electrons. The van der Waals surface area contributed by atoms with Crippen molar-refractivity contribution in [3.63, 3.8) is 0 Å². The van der Waals surface area contributed by atoms with Crippen molar-refractivity contribution in [2.24, 2.45) is 5.92 Å². The number of nitrogens with one attached hydrogen (secondary N) is 3. The maximum atomic E-state index is 12.6. The highest BCUT2D eigenvalue weighted by Gasteiger charge is 2.28. The normalized spacial score (nSPS) is 14.0. The van der Waals surface area contributed by atoms with Gasteiger partial charge in [0.2, 0.25) is 0 Å². The smallest absolute Gasteiger partial charge is 0.319 e. The molecule has 1 aromatic heterocycles. The molecule has 0 saturated heterocycles. The highest BCUT2D eigenvalue weighted by Crippen LogP contribution is 2.38. The molecule has 0 radical (unpaired) electrons. The van der Waals surface area contributed by atoms with E-state index in [4.69, 9.17) is 0 Å². The van der Waals surface area contributed by atoms with E-state index in [1.807, 2.05) is 18.3 Å². The molecular weight excluding hydrogens is 376 g/mol. The van der Waals surface area contributed by atoms with E-state index in [1.165, 1.54) is 5.56 Å². The molecule has 4 rings (SSSR count). The topological polar surface area (TPSA) is 94.8 Å². The van der Waals surface area contributed by atoms with Gasteiger partial charge < -0.3 is 20.5 Å². The molecule has 2 heterocycles. The highest BCUT2D eigenvalue weighted by molar-refractivity contribution is 5.93. The summed E-state index contributed by atoms with van der Waals surface area (Å²) >= 11 is 0. The fourth-order valence-electron chi connectivity index (χ4n) is 3.68.